The fraction of sp³-hybridized carbons (Fsp3) is 0.909. The first-order valence-corrected chi connectivity index (χ1v) is 5.77. The Morgan fingerprint density at radius 2 is 2.33 bits per heavy atom. The van der Waals surface area contributed by atoms with Crippen LogP contribution in [0.1, 0.15) is 19.8 Å². The lowest BCUT2D eigenvalue weighted by atomic mass is 9.94. The van der Waals surface area contributed by atoms with Crippen molar-refractivity contribution in [3.05, 3.63) is 0 Å². The summed E-state index contributed by atoms with van der Waals surface area (Å²) < 4.78 is 4.78. The second-order valence-corrected chi connectivity index (χ2v) is 4.62. The fourth-order valence-electron chi connectivity index (χ4n) is 2.72. The molecule has 0 amide bonds. The number of fused-ring (bicyclic) bond motifs is 1. The summed E-state index contributed by atoms with van der Waals surface area (Å²) in [6.45, 7) is 5.08. The third kappa shape index (κ3) is 2.16. The van der Waals surface area contributed by atoms with Gasteiger partial charge in [-0.25, -0.2) is 0 Å². The second-order valence-electron chi connectivity index (χ2n) is 4.62. The minimum atomic E-state index is -0.117. The van der Waals surface area contributed by atoms with Crippen molar-refractivity contribution in [2.45, 2.75) is 31.8 Å². The Morgan fingerprint density at radius 3 is 3.00 bits per heavy atom. The molecule has 0 radical (unpaired) electrons. The van der Waals surface area contributed by atoms with E-state index >= 15 is 0 Å². The predicted molar refractivity (Wildman–Crippen MR) is 57.6 cm³/mol. The van der Waals surface area contributed by atoms with Gasteiger partial charge in [-0.2, -0.15) is 0 Å². The zero-order chi connectivity index (χ0) is 10.8. The van der Waals surface area contributed by atoms with E-state index in [9.17, 15) is 4.79 Å². The number of hydrogen-bond donors (Lipinski definition) is 1. The van der Waals surface area contributed by atoms with E-state index in [0.29, 0.717) is 6.04 Å². The molecule has 3 atom stereocenters. The van der Waals surface area contributed by atoms with E-state index in [4.69, 9.17) is 4.74 Å². The average molecular weight is 212 g/mol. The third-order valence-electron chi connectivity index (χ3n) is 3.72. The number of nitrogens with zero attached hydrogens (tertiary/aromatic N) is 1. The molecule has 3 unspecified atom stereocenters. The van der Waals surface area contributed by atoms with E-state index in [1.54, 1.807) is 0 Å². The van der Waals surface area contributed by atoms with E-state index < -0.39 is 0 Å². The van der Waals surface area contributed by atoms with Crippen molar-refractivity contribution in [3.8, 4) is 0 Å². The van der Waals surface area contributed by atoms with Crippen LogP contribution in [0.25, 0.3) is 0 Å². The summed E-state index contributed by atoms with van der Waals surface area (Å²) in [7, 11) is 1.46. The third-order valence-corrected chi connectivity index (χ3v) is 3.72. The highest BCUT2D eigenvalue weighted by Crippen LogP contribution is 2.26. The Kier molecular flexibility index (Phi) is 3.26. The van der Waals surface area contributed by atoms with Crippen LogP contribution in [0.5, 0.6) is 0 Å². The van der Waals surface area contributed by atoms with Gasteiger partial charge in [-0.15, -0.1) is 0 Å². The highest BCUT2D eigenvalue weighted by molar-refractivity contribution is 5.75. The molecule has 0 aromatic rings. The maximum atomic E-state index is 11.4. The summed E-state index contributed by atoms with van der Waals surface area (Å²) in [5.74, 6) is 0.611. The molecule has 15 heavy (non-hydrogen) atoms. The molecule has 2 heterocycles. The Bertz CT molecular complexity index is 231. The molecule has 0 saturated carbocycles. The number of piperidine rings is 1. The monoisotopic (exact) mass is 212 g/mol. The number of methoxy groups -OCH3 is 1. The van der Waals surface area contributed by atoms with Crippen molar-refractivity contribution in [2.24, 2.45) is 5.92 Å². The van der Waals surface area contributed by atoms with E-state index in [-0.39, 0.29) is 12.0 Å². The number of esters is 1. The molecule has 2 fully saturated rings. The Labute approximate surface area is 91.0 Å². The number of ether oxygens (including phenoxy) is 1. The van der Waals surface area contributed by atoms with Gasteiger partial charge in [0.25, 0.3) is 0 Å². The van der Waals surface area contributed by atoms with Crippen LogP contribution in [0.2, 0.25) is 0 Å². The second kappa shape index (κ2) is 4.49. The minimum absolute atomic E-state index is 0.0950. The minimum Gasteiger partial charge on any atom is -0.468 e. The fourth-order valence-corrected chi connectivity index (χ4v) is 2.72. The number of carbonyl (C=O) groups is 1. The molecule has 4 nitrogen and oxygen atoms in total. The van der Waals surface area contributed by atoms with Gasteiger partial charge in [0, 0.05) is 19.1 Å². The van der Waals surface area contributed by atoms with Crippen molar-refractivity contribution in [1.29, 1.82) is 0 Å². The molecule has 2 aliphatic rings. The van der Waals surface area contributed by atoms with Crippen molar-refractivity contribution >= 4 is 5.97 Å². The van der Waals surface area contributed by atoms with Gasteiger partial charge in [-0.05, 0) is 32.2 Å². The summed E-state index contributed by atoms with van der Waals surface area (Å²) >= 11 is 0. The first kappa shape index (κ1) is 10.9. The SMILES string of the molecule is COC(=O)C(C)N1CC2CCCNC2C1. The number of carbonyl (C=O) groups excluding carboxylic acids is 1. The van der Waals surface area contributed by atoms with Crippen LogP contribution < -0.4 is 5.32 Å². The zero-order valence-electron chi connectivity index (χ0n) is 9.53. The van der Waals surface area contributed by atoms with Crippen LogP contribution in [0.4, 0.5) is 0 Å². The Morgan fingerprint density at radius 1 is 1.53 bits per heavy atom. The number of nitrogens with one attached hydrogen (secondary N) is 1. The van der Waals surface area contributed by atoms with Crippen molar-refractivity contribution in [1.82, 2.24) is 10.2 Å². The summed E-state index contributed by atoms with van der Waals surface area (Å²) in [5.41, 5.74) is 0. The van der Waals surface area contributed by atoms with Crippen molar-refractivity contribution in [2.75, 3.05) is 26.7 Å². The van der Waals surface area contributed by atoms with E-state index in [1.807, 2.05) is 6.92 Å². The van der Waals surface area contributed by atoms with Crippen molar-refractivity contribution < 1.29 is 9.53 Å². The molecular weight excluding hydrogens is 192 g/mol. The topological polar surface area (TPSA) is 41.6 Å². The van der Waals surface area contributed by atoms with Gasteiger partial charge in [0.2, 0.25) is 0 Å². The summed E-state index contributed by atoms with van der Waals surface area (Å²) in [5, 5.41) is 3.53. The van der Waals surface area contributed by atoms with E-state index in [1.165, 1.54) is 20.0 Å². The first-order valence-electron chi connectivity index (χ1n) is 5.77. The lowest BCUT2D eigenvalue weighted by Crippen LogP contribution is -2.42. The molecule has 2 saturated heterocycles. The van der Waals surface area contributed by atoms with Crippen LogP contribution in [0.15, 0.2) is 0 Å². The maximum Gasteiger partial charge on any atom is 0.322 e. The largest absolute Gasteiger partial charge is 0.468 e. The molecule has 2 aliphatic heterocycles. The molecule has 0 spiro atoms. The van der Waals surface area contributed by atoms with Gasteiger partial charge in [0.15, 0.2) is 0 Å². The lowest BCUT2D eigenvalue weighted by Gasteiger charge is -2.24. The standard InChI is InChI=1S/C11H20N2O2/c1-8(11(14)15-2)13-6-9-4-3-5-12-10(9)7-13/h8-10,12H,3-7H2,1-2H3. The van der Waals surface area contributed by atoms with Crippen LogP contribution in [0.3, 0.4) is 0 Å². The molecule has 86 valence electrons. The highest BCUT2D eigenvalue weighted by atomic mass is 16.5. The first-order chi connectivity index (χ1) is 7.22. The Balaban J connectivity index is 1.93. The number of hydrogen-bond acceptors (Lipinski definition) is 4. The van der Waals surface area contributed by atoms with Crippen LogP contribution in [0, 0.1) is 5.92 Å². The van der Waals surface area contributed by atoms with Crippen molar-refractivity contribution in [3.63, 3.8) is 0 Å². The van der Waals surface area contributed by atoms with E-state index in [0.717, 1.165) is 25.6 Å². The van der Waals surface area contributed by atoms with E-state index in [2.05, 4.69) is 10.2 Å². The number of rotatable bonds is 2. The molecule has 0 aliphatic carbocycles. The van der Waals surface area contributed by atoms with Gasteiger partial charge in [0.1, 0.15) is 6.04 Å². The highest BCUT2D eigenvalue weighted by Gasteiger charge is 2.37. The zero-order valence-corrected chi connectivity index (χ0v) is 9.53. The van der Waals surface area contributed by atoms with Crippen LogP contribution >= 0.6 is 0 Å². The smallest absolute Gasteiger partial charge is 0.322 e. The summed E-state index contributed by atoms with van der Waals surface area (Å²) in [4.78, 5) is 13.7. The molecule has 2 rings (SSSR count). The predicted octanol–water partition coefficient (Wildman–Crippen LogP) is 0.232. The summed E-state index contributed by atoms with van der Waals surface area (Å²) in [6, 6.07) is 0.494. The molecular formula is C11H20N2O2. The normalized spacial score (nSPS) is 33.5. The van der Waals surface area contributed by atoms with Crippen LogP contribution in [-0.2, 0) is 9.53 Å². The van der Waals surface area contributed by atoms with Gasteiger partial charge >= 0.3 is 5.97 Å². The molecule has 0 bridgehead atoms. The van der Waals surface area contributed by atoms with Gasteiger partial charge < -0.3 is 10.1 Å². The van der Waals surface area contributed by atoms with Crippen LogP contribution in [-0.4, -0.2) is 49.7 Å². The number of likely N-dealkylation sites (tertiary alicyclic amines) is 1. The van der Waals surface area contributed by atoms with Gasteiger partial charge in [-0.3, -0.25) is 9.69 Å². The molecule has 0 aromatic carbocycles. The maximum absolute atomic E-state index is 11.4. The quantitative estimate of drug-likeness (QED) is 0.665. The molecule has 1 N–H and O–H groups in total. The van der Waals surface area contributed by atoms with Gasteiger partial charge in [0.05, 0.1) is 7.11 Å². The lowest BCUT2D eigenvalue weighted by molar-refractivity contribution is -0.145. The molecule has 4 heteroatoms. The Hall–Kier alpha value is -0.610. The van der Waals surface area contributed by atoms with Gasteiger partial charge in [-0.1, -0.05) is 0 Å². The average Bonchev–Trinajstić information content (AvgIpc) is 2.70. The molecule has 0 aromatic heterocycles. The summed E-state index contributed by atoms with van der Waals surface area (Å²) in [6.07, 6.45) is 2.56.